The highest BCUT2D eigenvalue weighted by molar-refractivity contribution is 6.00. The van der Waals surface area contributed by atoms with Gasteiger partial charge in [0.1, 0.15) is 5.56 Å². The Kier molecular flexibility index (Phi) is 1.92. The van der Waals surface area contributed by atoms with Crippen molar-refractivity contribution < 1.29 is 9.72 Å². The molecule has 5 heteroatoms. The van der Waals surface area contributed by atoms with Crippen LogP contribution in [0.15, 0.2) is 18.2 Å². The van der Waals surface area contributed by atoms with E-state index in [2.05, 4.69) is 5.32 Å². The minimum Gasteiger partial charge on any atom is -0.351 e. The molecular weight excluding hydrogens is 184 g/mol. The summed E-state index contributed by atoms with van der Waals surface area (Å²) in [5.41, 5.74) is 0.853. The zero-order valence-electron chi connectivity index (χ0n) is 7.32. The van der Waals surface area contributed by atoms with Crippen LogP contribution in [0, 0.1) is 10.1 Å². The van der Waals surface area contributed by atoms with E-state index in [1.54, 1.807) is 12.1 Å². The van der Waals surface area contributed by atoms with Gasteiger partial charge in [-0.3, -0.25) is 14.9 Å². The lowest BCUT2D eigenvalue weighted by Gasteiger charge is -2.15. The summed E-state index contributed by atoms with van der Waals surface area (Å²) in [6.45, 7) is 0.549. The highest BCUT2D eigenvalue weighted by Crippen LogP contribution is 2.24. The van der Waals surface area contributed by atoms with Gasteiger partial charge in [-0.1, -0.05) is 12.1 Å². The summed E-state index contributed by atoms with van der Waals surface area (Å²) in [5, 5.41) is 13.2. The topological polar surface area (TPSA) is 72.2 Å². The first-order valence-corrected chi connectivity index (χ1v) is 4.24. The monoisotopic (exact) mass is 192 g/mol. The zero-order chi connectivity index (χ0) is 10.1. The van der Waals surface area contributed by atoms with Gasteiger partial charge in [-0.25, -0.2) is 0 Å². The van der Waals surface area contributed by atoms with Gasteiger partial charge in [0.15, 0.2) is 0 Å². The Morgan fingerprint density at radius 1 is 1.43 bits per heavy atom. The maximum Gasteiger partial charge on any atom is 0.282 e. The number of benzene rings is 1. The van der Waals surface area contributed by atoms with Crippen molar-refractivity contribution in [1.82, 2.24) is 5.32 Å². The zero-order valence-corrected chi connectivity index (χ0v) is 7.32. The predicted octanol–water partition coefficient (Wildman–Crippen LogP) is 0.881. The molecule has 2 rings (SSSR count). The van der Waals surface area contributed by atoms with Gasteiger partial charge in [0.2, 0.25) is 0 Å². The Labute approximate surface area is 79.9 Å². The smallest absolute Gasteiger partial charge is 0.282 e. The molecule has 1 aliphatic heterocycles. The molecule has 1 heterocycles. The van der Waals surface area contributed by atoms with Gasteiger partial charge in [-0.05, 0) is 12.0 Å². The van der Waals surface area contributed by atoms with Crippen LogP contribution in [0.3, 0.4) is 0 Å². The summed E-state index contributed by atoms with van der Waals surface area (Å²) in [7, 11) is 0. The van der Waals surface area contributed by atoms with Crippen molar-refractivity contribution in [2.45, 2.75) is 6.42 Å². The largest absolute Gasteiger partial charge is 0.351 e. The molecule has 5 nitrogen and oxygen atoms in total. The third-order valence-electron chi connectivity index (χ3n) is 2.23. The Morgan fingerprint density at radius 3 is 2.93 bits per heavy atom. The van der Waals surface area contributed by atoms with Crippen LogP contribution in [0.2, 0.25) is 0 Å². The second-order valence-corrected chi connectivity index (χ2v) is 3.07. The van der Waals surface area contributed by atoms with E-state index >= 15 is 0 Å². The van der Waals surface area contributed by atoms with Crippen molar-refractivity contribution in [3.8, 4) is 0 Å². The van der Waals surface area contributed by atoms with Crippen LogP contribution in [0.1, 0.15) is 15.9 Å². The fourth-order valence-corrected chi connectivity index (χ4v) is 1.61. The third kappa shape index (κ3) is 1.22. The summed E-state index contributed by atoms with van der Waals surface area (Å²) < 4.78 is 0. The van der Waals surface area contributed by atoms with Gasteiger partial charge in [0.05, 0.1) is 4.92 Å². The summed E-state index contributed by atoms with van der Waals surface area (Å²) in [6, 6.07) is 4.71. The van der Waals surface area contributed by atoms with Gasteiger partial charge in [0, 0.05) is 12.6 Å². The van der Waals surface area contributed by atoms with Crippen LogP contribution in [0.5, 0.6) is 0 Å². The number of carbonyl (C=O) groups excluding carboxylic acids is 1. The molecule has 1 aromatic rings. The van der Waals surface area contributed by atoms with E-state index in [1.807, 2.05) is 0 Å². The number of fused-ring (bicyclic) bond motifs is 1. The summed E-state index contributed by atoms with van der Waals surface area (Å²) >= 11 is 0. The predicted molar refractivity (Wildman–Crippen MR) is 49.1 cm³/mol. The minimum atomic E-state index is -0.524. The van der Waals surface area contributed by atoms with Crippen molar-refractivity contribution in [3.63, 3.8) is 0 Å². The molecule has 0 bridgehead atoms. The Balaban J connectivity index is 2.63. The molecule has 1 N–H and O–H groups in total. The summed E-state index contributed by atoms with van der Waals surface area (Å²) in [6.07, 6.45) is 0.656. The van der Waals surface area contributed by atoms with E-state index in [0.717, 1.165) is 5.56 Å². The maximum absolute atomic E-state index is 11.4. The number of carbonyl (C=O) groups is 1. The van der Waals surface area contributed by atoms with Crippen molar-refractivity contribution in [3.05, 3.63) is 39.4 Å². The number of rotatable bonds is 1. The summed E-state index contributed by atoms with van der Waals surface area (Å²) in [4.78, 5) is 21.5. The van der Waals surface area contributed by atoms with E-state index in [4.69, 9.17) is 0 Å². The number of hydrogen-bond acceptors (Lipinski definition) is 3. The quantitative estimate of drug-likeness (QED) is 0.530. The molecule has 1 amide bonds. The molecule has 14 heavy (non-hydrogen) atoms. The molecule has 1 aliphatic rings. The number of nitrogens with one attached hydrogen (secondary N) is 1. The minimum absolute atomic E-state index is 0.111. The molecule has 0 aromatic heterocycles. The van der Waals surface area contributed by atoms with Gasteiger partial charge in [0.25, 0.3) is 11.6 Å². The van der Waals surface area contributed by atoms with Crippen LogP contribution in [-0.2, 0) is 6.42 Å². The lowest BCUT2D eigenvalue weighted by molar-refractivity contribution is -0.385. The SMILES string of the molecule is O=C1NCCc2cccc([N+](=O)[O-])c21. The number of nitro benzene ring substituents is 1. The molecule has 0 saturated heterocycles. The number of amides is 1. The number of nitrogens with zero attached hydrogens (tertiary/aromatic N) is 1. The lowest BCUT2D eigenvalue weighted by atomic mass is 9.99. The van der Waals surface area contributed by atoms with E-state index in [-0.39, 0.29) is 17.2 Å². The molecule has 0 aliphatic carbocycles. The first-order valence-electron chi connectivity index (χ1n) is 4.24. The van der Waals surface area contributed by atoms with Gasteiger partial charge < -0.3 is 5.32 Å². The molecular formula is C9H8N2O3. The van der Waals surface area contributed by atoms with Crippen molar-refractivity contribution in [2.24, 2.45) is 0 Å². The van der Waals surface area contributed by atoms with Crippen molar-refractivity contribution >= 4 is 11.6 Å². The van der Waals surface area contributed by atoms with Crippen LogP contribution in [-0.4, -0.2) is 17.4 Å². The van der Waals surface area contributed by atoms with E-state index in [1.165, 1.54) is 6.07 Å². The van der Waals surface area contributed by atoms with Crippen molar-refractivity contribution in [1.29, 1.82) is 0 Å². The first kappa shape index (κ1) is 8.68. The Hall–Kier alpha value is -1.91. The van der Waals surface area contributed by atoms with Crippen LogP contribution >= 0.6 is 0 Å². The molecule has 0 radical (unpaired) electrons. The molecule has 0 unspecified atom stereocenters. The molecule has 72 valence electrons. The lowest BCUT2D eigenvalue weighted by Crippen LogP contribution is -2.32. The normalized spacial score (nSPS) is 14.4. The molecule has 0 atom stereocenters. The highest BCUT2D eigenvalue weighted by atomic mass is 16.6. The summed E-state index contributed by atoms with van der Waals surface area (Å²) in [5.74, 6) is -0.349. The average molecular weight is 192 g/mol. The number of hydrogen-bond donors (Lipinski definition) is 1. The maximum atomic E-state index is 11.4. The highest BCUT2D eigenvalue weighted by Gasteiger charge is 2.25. The van der Waals surface area contributed by atoms with E-state index in [0.29, 0.717) is 13.0 Å². The molecule has 0 fully saturated rings. The fourth-order valence-electron chi connectivity index (χ4n) is 1.61. The fraction of sp³-hybridized carbons (Fsp3) is 0.222. The second kappa shape index (κ2) is 3.10. The Bertz CT molecular complexity index is 415. The number of nitro groups is 1. The molecule has 0 saturated carbocycles. The first-order chi connectivity index (χ1) is 6.70. The second-order valence-electron chi connectivity index (χ2n) is 3.07. The van der Waals surface area contributed by atoms with Gasteiger partial charge in [-0.15, -0.1) is 0 Å². The van der Waals surface area contributed by atoms with Gasteiger partial charge >= 0.3 is 0 Å². The van der Waals surface area contributed by atoms with Crippen LogP contribution in [0.4, 0.5) is 5.69 Å². The van der Waals surface area contributed by atoms with Crippen LogP contribution in [0.25, 0.3) is 0 Å². The third-order valence-corrected chi connectivity index (χ3v) is 2.23. The standard InChI is InChI=1S/C9H8N2O3/c12-9-8-6(4-5-10-9)2-1-3-7(8)11(13)14/h1-3H,4-5H2,(H,10,12). The Morgan fingerprint density at radius 2 is 2.21 bits per heavy atom. The molecule has 0 spiro atoms. The van der Waals surface area contributed by atoms with E-state index in [9.17, 15) is 14.9 Å². The van der Waals surface area contributed by atoms with E-state index < -0.39 is 4.92 Å². The van der Waals surface area contributed by atoms with Crippen LogP contribution < -0.4 is 5.32 Å². The average Bonchev–Trinajstić information content (AvgIpc) is 2.17. The van der Waals surface area contributed by atoms with Crippen molar-refractivity contribution in [2.75, 3.05) is 6.54 Å². The van der Waals surface area contributed by atoms with Gasteiger partial charge in [-0.2, -0.15) is 0 Å². The molecule has 1 aromatic carbocycles.